The van der Waals surface area contributed by atoms with Crippen LogP contribution in [-0.2, 0) is 0 Å². The Morgan fingerprint density at radius 3 is 0.800 bits per heavy atom. The van der Waals surface area contributed by atoms with E-state index in [9.17, 15) is 0 Å². The van der Waals surface area contributed by atoms with Gasteiger partial charge in [0.05, 0.1) is 0 Å². The lowest BCUT2D eigenvalue weighted by Crippen LogP contribution is -2.62. The Hall–Kier alpha value is 0.430. The molecule has 84 valence electrons. The van der Waals surface area contributed by atoms with Crippen molar-refractivity contribution < 1.29 is 0 Å². The van der Waals surface area contributed by atoms with E-state index in [4.69, 9.17) is 0 Å². The highest BCUT2D eigenvalue weighted by Gasteiger charge is 2.63. The first-order chi connectivity index (χ1) is 6.90. The third-order valence-corrected chi connectivity index (χ3v) is 6.93. The molecule has 0 heterocycles. The van der Waals surface area contributed by atoms with Crippen molar-refractivity contribution in [2.45, 2.75) is 38.5 Å². The van der Waals surface area contributed by atoms with Crippen molar-refractivity contribution in [1.82, 2.24) is 0 Å². The van der Waals surface area contributed by atoms with Gasteiger partial charge in [0.1, 0.15) is 0 Å². The molecular formula is C14H23P. The Kier molecular flexibility index (Phi) is 1.77. The smallest absolute Gasteiger partial charge is 0.0349 e. The lowest BCUT2D eigenvalue weighted by atomic mass is 9.36. The zero-order valence-corrected chi connectivity index (χ0v) is 11.0. The summed E-state index contributed by atoms with van der Waals surface area (Å²) in [6.07, 6.45) is 9.93. The third-order valence-electron chi connectivity index (χ3n) is 6.93. The van der Waals surface area contributed by atoms with E-state index in [1.54, 1.807) is 38.5 Å². The second kappa shape index (κ2) is 2.81. The average Bonchev–Trinajstić information content (AvgIpc) is 2.24. The first-order valence-corrected chi connectivity index (χ1v) is 6.90. The van der Waals surface area contributed by atoms with Gasteiger partial charge in [-0.25, -0.2) is 0 Å². The molecule has 0 aromatic rings. The molecular weight excluding hydrogens is 199 g/mol. The Balaban J connectivity index is 0.000000648. The van der Waals surface area contributed by atoms with Gasteiger partial charge >= 0.3 is 0 Å². The van der Waals surface area contributed by atoms with E-state index in [1.165, 1.54) is 47.3 Å². The monoisotopic (exact) mass is 222 g/mol. The van der Waals surface area contributed by atoms with Gasteiger partial charge in [-0.3, -0.25) is 0 Å². The van der Waals surface area contributed by atoms with Gasteiger partial charge in [-0.1, -0.05) is 0 Å². The highest BCUT2D eigenvalue weighted by atomic mass is 31.0. The van der Waals surface area contributed by atoms with Gasteiger partial charge in [-0.05, 0) is 85.9 Å². The van der Waals surface area contributed by atoms with E-state index in [2.05, 4.69) is 0 Å². The maximum absolute atomic E-state index is 1.65. The maximum atomic E-state index is 1.65. The van der Waals surface area contributed by atoms with Crippen LogP contribution in [0, 0.1) is 47.3 Å². The summed E-state index contributed by atoms with van der Waals surface area (Å²) in [6.45, 7) is 0. The normalized spacial score (nSPS) is 67.2. The number of rotatable bonds is 0. The largest absolute Gasteiger partial charge is 0.153 e. The van der Waals surface area contributed by atoms with Gasteiger partial charge in [0, 0.05) is 0 Å². The van der Waals surface area contributed by atoms with Crippen LogP contribution in [0.5, 0.6) is 0 Å². The first kappa shape index (κ1) is 9.46. The molecule has 1 heteroatoms. The molecule has 7 rings (SSSR count). The Bertz CT molecular complexity index is 210. The first-order valence-electron chi connectivity index (χ1n) is 6.90. The molecule has 7 fully saturated rings. The van der Waals surface area contributed by atoms with E-state index < -0.39 is 0 Å². The SMILES string of the molecule is C1C2CC3C4CC5CC(C14)C(C2)C3C5.P. The molecule has 7 aliphatic rings. The van der Waals surface area contributed by atoms with Gasteiger partial charge in [0.2, 0.25) is 0 Å². The topological polar surface area (TPSA) is 0 Å². The van der Waals surface area contributed by atoms with Crippen molar-refractivity contribution in [2.24, 2.45) is 47.3 Å². The predicted octanol–water partition coefficient (Wildman–Crippen LogP) is 3.38. The second-order valence-electron chi connectivity index (χ2n) is 7.13. The summed E-state index contributed by atoms with van der Waals surface area (Å²) in [6, 6.07) is 0. The fraction of sp³-hybridized carbons (Fsp3) is 1.00. The molecule has 0 saturated heterocycles. The van der Waals surface area contributed by atoms with Gasteiger partial charge in [0.25, 0.3) is 0 Å². The van der Waals surface area contributed by atoms with Crippen LogP contribution in [-0.4, -0.2) is 0 Å². The van der Waals surface area contributed by atoms with Gasteiger partial charge in [-0.15, -0.1) is 0 Å². The molecule has 1 unspecified atom stereocenters. The molecule has 0 radical (unpaired) electrons. The summed E-state index contributed by atoms with van der Waals surface area (Å²) in [4.78, 5) is 0. The standard InChI is InChI=1S/C14H20.H3P/c1-7-2-12-10-4-8-5-11(9(1)10)13(3-7)14(12)6-8;/h7-14H,1-6H2;1H3. The average molecular weight is 222 g/mol. The van der Waals surface area contributed by atoms with E-state index in [0.29, 0.717) is 0 Å². The fourth-order valence-corrected chi connectivity index (χ4v) is 6.89. The van der Waals surface area contributed by atoms with Crippen molar-refractivity contribution >= 4 is 9.90 Å². The quantitative estimate of drug-likeness (QED) is 0.551. The molecule has 7 aliphatic carbocycles. The molecule has 0 aliphatic heterocycles. The minimum absolute atomic E-state index is 0. The molecule has 0 N–H and O–H groups in total. The van der Waals surface area contributed by atoms with Crippen LogP contribution >= 0.6 is 9.90 Å². The van der Waals surface area contributed by atoms with Crippen molar-refractivity contribution in [3.63, 3.8) is 0 Å². The van der Waals surface area contributed by atoms with Crippen LogP contribution in [0.15, 0.2) is 0 Å². The van der Waals surface area contributed by atoms with E-state index in [1.807, 2.05) is 0 Å². The third kappa shape index (κ3) is 0.951. The van der Waals surface area contributed by atoms with E-state index in [-0.39, 0.29) is 9.90 Å². The van der Waals surface area contributed by atoms with E-state index >= 15 is 0 Å². The molecule has 0 spiro atoms. The van der Waals surface area contributed by atoms with Crippen LogP contribution in [0.25, 0.3) is 0 Å². The van der Waals surface area contributed by atoms with Crippen LogP contribution in [0.4, 0.5) is 0 Å². The van der Waals surface area contributed by atoms with Crippen LogP contribution in [0.1, 0.15) is 38.5 Å². The molecule has 15 heavy (non-hydrogen) atoms. The number of hydrogen-bond donors (Lipinski definition) is 0. The van der Waals surface area contributed by atoms with Crippen LogP contribution in [0.3, 0.4) is 0 Å². The summed E-state index contributed by atoms with van der Waals surface area (Å²) >= 11 is 0. The molecule has 0 aromatic carbocycles. The molecule has 7 saturated carbocycles. The lowest BCUT2D eigenvalue weighted by molar-refractivity contribution is -0.202. The summed E-state index contributed by atoms with van der Waals surface area (Å²) in [5, 5.41) is 0. The molecule has 8 bridgehead atoms. The van der Waals surface area contributed by atoms with Gasteiger partial charge in [0.15, 0.2) is 0 Å². The summed E-state index contributed by atoms with van der Waals surface area (Å²) in [5.41, 5.74) is 0. The minimum Gasteiger partial charge on any atom is -0.153 e. The Morgan fingerprint density at radius 2 is 0.600 bits per heavy atom. The molecule has 0 nitrogen and oxygen atoms in total. The zero-order valence-electron chi connectivity index (χ0n) is 9.57. The summed E-state index contributed by atoms with van der Waals surface area (Å²) in [7, 11) is 0. The molecule has 1 atom stereocenters. The Labute approximate surface area is 96.2 Å². The highest BCUT2D eigenvalue weighted by Crippen LogP contribution is 2.71. The molecule has 0 amide bonds. The zero-order chi connectivity index (χ0) is 8.86. The van der Waals surface area contributed by atoms with E-state index in [0.717, 1.165) is 0 Å². The second-order valence-corrected chi connectivity index (χ2v) is 7.13. The number of hydrogen-bond acceptors (Lipinski definition) is 0. The van der Waals surface area contributed by atoms with Crippen molar-refractivity contribution in [2.75, 3.05) is 0 Å². The van der Waals surface area contributed by atoms with Crippen molar-refractivity contribution in [3.05, 3.63) is 0 Å². The minimum atomic E-state index is 0. The van der Waals surface area contributed by atoms with Gasteiger partial charge in [-0.2, -0.15) is 9.90 Å². The lowest BCUT2D eigenvalue weighted by Gasteiger charge is -2.69. The highest BCUT2D eigenvalue weighted by molar-refractivity contribution is 6.92. The van der Waals surface area contributed by atoms with Crippen molar-refractivity contribution in [3.8, 4) is 0 Å². The summed E-state index contributed by atoms with van der Waals surface area (Å²) < 4.78 is 0. The van der Waals surface area contributed by atoms with Crippen LogP contribution in [0.2, 0.25) is 0 Å². The van der Waals surface area contributed by atoms with Gasteiger partial charge < -0.3 is 0 Å². The fourth-order valence-electron chi connectivity index (χ4n) is 6.89. The Morgan fingerprint density at radius 1 is 0.400 bits per heavy atom. The predicted molar refractivity (Wildman–Crippen MR) is 66.7 cm³/mol. The maximum Gasteiger partial charge on any atom is -0.0349 e. The van der Waals surface area contributed by atoms with Crippen molar-refractivity contribution in [1.29, 1.82) is 0 Å². The summed E-state index contributed by atoms with van der Waals surface area (Å²) in [5.74, 6) is 9.74. The van der Waals surface area contributed by atoms with Crippen LogP contribution < -0.4 is 0 Å². The molecule has 0 aromatic heterocycles.